The Bertz CT molecular complexity index is 530. The molecule has 2 aliphatic rings. The molecular weight excluding hydrogens is 234 g/mol. The van der Waals surface area contributed by atoms with Crippen LogP contribution in [0.3, 0.4) is 0 Å². The molecule has 1 aromatic carbocycles. The van der Waals surface area contributed by atoms with E-state index in [1.165, 1.54) is 0 Å². The maximum atomic E-state index is 10.6. The fourth-order valence-electron chi connectivity index (χ4n) is 2.56. The van der Waals surface area contributed by atoms with Crippen LogP contribution in [0.4, 0.5) is 0 Å². The Kier molecular flexibility index (Phi) is 2.49. The van der Waals surface area contributed by atoms with Crippen LogP contribution in [0.2, 0.25) is 0 Å². The van der Waals surface area contributed by atoms with E-state index in [4.69, 9.17) is 14.2 Å². The van der Waals surface area contributed by atoms with Gasteiger partial charge in [0, 0.05) is 5.56 Å². The fraction of sp³-hybridized carbons (Fsp3) is 0.462. The quantitative estimate of drug-likeness (QED) is 0.606. The van der Waals surface area contributed by atoms with Crippen LogP contribution in [0.1, 0.15) is 24.8 Å². The van der Waals surface area contributed by atoms with Crippen LogP contribution < -0.4 is 14.2 Å². The van der Waals surface area contributed by atoms with Crippen LogP contribution in [0.5, 0.6) is 17.2 Å². The predicted molar refractivity (Wildman–Crippen MR) is 62.8 cm³/mol. The highest BCUT2D eigenvalue weighted by Crippen LogP contribution is 2.53. The molecule has 1 heterocycles. The normalized spacial score (nSPS) is 18.7. The molecule has 5 nitrogen and oxygen atoms in total. The number of isocyanates is 1. The Balaban J connectivity index is 2.15. The first-order valence-electron chi connectivity index (χ1n) is 5.87. The summed E-state index contributed by atoms with van der Waals surface area (Å²) in [5, 5.41) is 0. The van der Waals surface area contributed by atoms with E-state index in [0.29, 0.717) is 17.2 Å². The van der Waals surface area contributed by atoms with Crippen LogP contribution in [0.15, 0.2) is 17.1 Å². The molecule has 1 aliphatic heterocycles. The minimum atomic E-state index is -0.492. The Labute approximate surface area is 104 Å². The van der Waals surface area contributed by atoms with Gasteiger partial charge >= 0.3 is 0 Å². The van der Waals surface area contributed by atoms with Gasteiger partial charge < -0.3 is 14.2 Å². The molecule has 0 saturated heterocycles. The Morgan fingerprint density at radius 3 is 2.83 bits per heavy atom. The molecule has 3 rings (SSSR count). The molecule has 0 bridgehead atoms. The number of nitrogens with zero attached hydrogens (tertiary/aromatic N) is 1. The van der Waals surface area contributed by atoms with Crippen molar-refractivity contribution in [3.05, 3.63) is 17.7 Å². The van der Waals surface area contributed by atoms with Gasteiger partial charge in [0.25, 0.3) is 0 Å². The highest BCUT2D eigenvalue weighted by atomic mass is 16.7. The van der Waals surface area contributed by atoms with Gasteiger partial charge in [0.2, 0.25) is 18.6 Å². The van der Waals surface area contributed by atoms with Crippen LogP contribution in [0, 0.1) is 0 Å². The summed E-state index contributed by atoms with van der Waals surface area (Å²) in [6.45, 7) is 0.194. The monoisotopic (exact) mass is 247 g/mol. The van der Waals surface area contributed by atoms with Crippen molar-refractivity contribution in [1.82, 2.24) is 0 Å². The van der Waals surface area contributed by atoms with Gasteiger partial charge in [-0.1, -0.05) is 0 Å². The van der Waals surface area contributed by atoms with Crippen molar-refractivity contribution >= 4 is 6.08 Å². The first-order valence-corrected chi connectivity index (χ1v) is 5.87. The molecule has 0 amide bonds. The summed E-state index contributed by atoms with van der Waals surface area (Å²) >= 11 is 0. The zero-order chi connectivity index (χ0) is 12.6. The molecule has 94 valence electrons. The molecule has 5 heteroatoms. The highest BCUT2D eigenvalue weighted by molar-refractivity contribution is 5.60. The van der Waals surface area contributed by atoms with Crippen molar-refractivity contribution in [2.45, 2.75) is 24.8 Å². The molecule has 0 spiro atoms. The summed E-state index contributed by atoms with van der Waals surface area (Å²) in [5.74, 6) is 1.88. The molecule has 18 heavy (non-hydrogen) atoms. The Hall–Kier alpha value is -2.00. The van der Waals surface area contributed by atoms with E-state index in [1.54, 1.807) is 13.2 Å². The summed E-state index contributed by atoms with van der Waals surface area (Å²) < 4.78 is 16.1. The first-order chi connectivity index (χ1) is 8.80. The number of aliphatic imine (C=N–C) groups is 1. The lowest BCUT2D eigenvalue weighted by molar-refractivity contribution is 0.170. The van der Waals surface area contributed by atoms with Crippen molar-refractivity contribution in [1.29, 1.82) is 0 Å². The number of carbonyl (C=O) groups excluding carboxylic acids is 1. The average Bonchev–Trinajstić information content (AvgIpc) is 2.81. The van der Waals surface area contributed by atoms with Crippen molar-refractivity contribution in [2.75, 3.05) is 13.9 Å². The third-order valence-corrected chi connectivity index (χ3v) is 3.64. The van der Waals surface area contributed by atoms with Crippen molar-refractivity contribution < 1.29 is 19.0 Å². The highest BCUT2D eigenvalue weighted by Gasteiger charge is 2.42. The molecule has 1 fully saturated rings. The van der Waals surface area contributed by atoms with E-state index < -0.39 is 5.54 Å². The van der Waals surface area contributed by atoms with Crippen molar-refractivity contribution in [3.63, 3.8) is 0 Å². The Morgan fingerprint density at radius 2 is 2.22 bits per heavy atom. The van der Waals surface area contributed by atoms with E-state index in [0.717, 1.165) is 24.8 Å². The number of hydrogen-bond acceptors (Lipinski definition) is 5. The second kappa shape index (κ2) is 4.03. The van der Waals surface area contributed by atoms with Gasteiger partial charge in [-0.15, -0.1) is 0 Å². The molecule has 1 aliphatic carbocycles. The second-order valence-corrected chi connectivity index (χ2v) is 4.47. The van der Waals surface area contributed by atoms with Crippen LogP contribution in [-0.4, -0.2) is 20.0 Å². The number of methoxy groups -OCH3 is 1. The zero-order valence-corrected chi connectivity index (χ0v) is 10.1. The van der Waals surface area contributed by atoms with Gasteiger partial charge in [-0.2, -0.15) is 4.99 Å². The summed E-state index contributed by atoms with van der Waals surface area (Å²) in [5.41, 5.74) is 0.387. The number of hydrogen-bond donors (Lipinski definition) is 0. The lowest BCUT2D eigenvalue weighted by atomic mass is 9.72. The summed E-state index contributed by atoms with van der Waals surface area (Å²) in [7, 11) is 1.58. The Morgan fingerprint density at radius 1 is 1.39 bits per heavy atom. The summed E-state index contributed by atoms with van der Waals surface area (Å²) in [6, 6.07) is 3.73. The summed E-state index contributed by atoms with van der Waals surface area (Å²) in [4.78, 5) is 14.6. The number of benzene rings is 1. The van der Waals surface area contributed by atoms with Gasteiger partial charge in [-0.3, -0.25) is 0 Å². The molecule has 0 atom stereocenters. The largest absolute Gasteiger partial charge is 0.492 e. The minimum absolute atomic E-state index is 0.194. The number of ether oxygens (including phenoxy) is 3. The maximum absolute atomic E-state index is 10.6. The first kappa shape index (κ1) is 11.1. The second-order valence-electron chi connectivity index (χ2n) is 4.47. The predicted octanol–water partition coefficient (Wildman–Crippen LogP) is 2.14. The lowest BCUT2D eigenvalue weighted by Gasteiger charge is -2.37. The topological polar surface area (TPSA) is 57.1 Å². The fourth-order valence-corrected chi connectivity index (χ4v) is 2.56. The number of rotatable bonds is 3. The minimum Gasteiger partial charge on any atom is -0.492 e. The van der Waals surface area contributed by atoms with Crippen molar-refractivity contribution in [3.8, 4) is 17.2 Å². The van der Waals surface area contributed by atoms with Crippen LogP contribution in [0.25, 0.3) is 0 Å². The molecule has 0 radical (unpaired) electrons. The molecule has 0 N–H and O–H groups in total. The van der Waals surface area contributed by atoms with Crippen molar-refractivity contribution in [2.24, 2.45) is 4.99 Å². The molecular formula is C13H13NO4. The third kappa shape index (κ3) is 1.41. The molecule has 1 aromatic rings. The third-order valence-electron chi connectivity index (χ3n) is 3.64. The standard InChI is InChI=1S/C13H13NO4/c1-16-11-9(13(14-7-15)5-2-6-13)3-4-10-12(11)18-8-17-10/h3-4H,2,5-6,8H2,1H3. The smallest absolute Gasteiger partial charge is 0.235 e. The van der Waals surface area contributed by atoms with Gasteiger partial charge in [0.15, 0.2) is 11.5 Å². The van der Waals surface area contributed by atoms with Crippen LogP contribution in [-0.2, 0) is 10.3 Å². The van der Waals surface area contributed by atoms with Gasteiger partial charge in [0.05, 0.1) is 7.11 Å². The zero-order valence-electron chi connectivity index (χ0n) is 10.1. The summed E-state index contributed by atoms with van der Waals surface area (Å²) in [6.07, 6.45) is 4.38. The lowest BCUT2D eigenvalue weighted by Crippen LogP contribution is -2.32. The van der Waals surface area contributed by atoms with Crippen LogP contribution >= 0.6 is 0 Å². The molecule has 0 unspecified atom stereocenters. The van der Waals surface area contributed by atoms with E-state index in [9.17, 15) is 4.79 Å². The maximum Gasteiger partial charge on any atom is 0.235 e. The van der Waals surface area contributed by atoms with Gasteiger partial charge in [0.1, 0.15) is 5.54 Å². The van der Waals surface area contributed by atoms with Gasteiger partial charge in [-0.05, 0) is 31.4 Å². The molecule has 1 saturated carbocycles. The van der Waals surface area contributed by atoms with E-state index in [2.05, 4.69) is 4.99 Å². The average molecular weight is 247 g/mol. The van der Waals surface area contributed by atoms with E-state index >= 15 is 0 Å². The van der Waals surface area contributed by atoms with Gasteiger partial charge in [-0.25, -0.2) is 4.79 Å². The SMILES string of the molecule is COc1c(C2(N=C=O)CCC2)ccc2c1OCO2. The van der Waals surface area contributed by atoms with E-state index in [1.807, 2.05) is 12.1 Å². The molecule has 0 aromatic heterocycles. The van der Waals surface area contributed by atoms with E-state index in [-0.39, 0.29) is 6.79 Å². The number of fused-ring (bicyclic) bond motifs is 1.